The predicted octanol–water partition coefficient (Wildman–Crippen LogP) is -3.87. The van der Waals surface area contributed by atoms with Crippen LogP contribution in [0.25, 0.3) is 0 Å². The second-order valence-corrected chi connectivity index (χ2v) is 0. The Morgan fingerprint density at radius 3 is 1.00 bits per heavy atom. The van der Waals surface area contributed by atoms with Crippen molar-refractivity contribution in [2.75, 3.05) is 0 Å². The molecule has 5 radical (unpaired) electrons. The van der Waals surface area contributed by atoms with Crippen LogP contribution in [0.1, 0.15) is 0 Å². The summed E-state index contributed by atoms with van der Waals surface area (Å²) in [7, 11) is 0. The Morgan fingerprint density at radius 1 is 1.00 bits per heavy atom. The maximum absolute atomic E-state index is 0. The van der Waals surface area contributed by atoms with E-state index in [1.54, 1.807) is 0 Å². The van der Waals surface area contributed by atoms with Crippen molar-refractivity contribution >= 4 is 27.5 Å². The largest absolute Gasteiger partial charge is 1.00 e. The molecule has 0 aliphatic heterocycles. The Bertz CT molecular complexity index is 64.0. The van der Waals surface area contributed by atoms with Crippen molar-refractivity contribution in [3.8, 4) is 0 Å². The monoisotopic (exact) mass is 2070 g/mol. The van der Waals surface area contributed by atoms with Gasteiger partial charge in [0.25, 0.3) is 0 Å². The van der Waals surface area contributed by atoms with Crippen molar-refractivity contribution in [3.05, 3.63) is 0 Å². The molecule has 0 nitrogen and oxygen atoms in total. The third-order valence-electron chi connectivity index (χ3n) is 0. The van der Waals surface area contributed by atoms with Gasteiger partial charge in [-0.25, -0.2) is 0 Å². The van der Waals surface area contributed by atoms with Gasteiger partial charge in [0.2, 0.25) is 0 Å². The summed E-state index contributed by atoms with van der Waals surface area (Å²) >= 11 is 0. The zero-order valence-electron chi connectivity index (χ0n) is 7.16. The Hall–Kier alpha value is 14.2. The van der Waals surface area contributed by atoms with Gasteiger partial charge < -0.3 is 0 Å². The molecule has 0 heterocycles. The molecule has 0 aromatic heterocycles. The van der Waals surface area contributed by atoms with E-state index in [2.05, 4.69) is 0 Å². The summed E-state index contributed by atoms with van der Waals surface area (Å²) < 4.78 is 0. The zero-order chi connectivity index (χ0) is 0. The summed E-state index contributed by atoms with van der Waals surface area (Å²) in [6, 6.07) is 0. The van der Waals surface area contributed by atoms with E-state index in [1.165, 1.54) is 0 Å². The van der Waals surface area contributed by atoms with E-state index in [-0.39, 0.29) is 432 Å². The van der Waals surface area contributed by atoms with E-state index in [9.17, 15) is 0 Å². The smallest absolute Gasteiger partial charge is 0 e. The summed E-state index contributed by atoms with van der Waals surface area (Å²) in [4.78, 5) is 0. The van der Waals surface area contributed by atoms with Gasteiger partial charge in [-0.2, -0.15) is 9.90 Å². The standard InChI is InChI=1S/Cu.Dy.Er.Gd.GeH2.K.Os.H3P.Pd.Pt.Re.Ti.U.V.W.Yb/h;;;;1H2;;;1H3;;;;;;;;/q;;;;;+1;;;;;;;;;;. The molecule has 16 heavy (non-hydrogen) atoms. The fraction of sp³-hybridized carbons (Fsp3) is 0. The predicted molar refractivity (Wildman–Crippen MR) is 19.6 cm³/mol. The molecule has 16 heteroatoms. The molecule has 0 amide bonds. The van der Waals surface area contributed by atoms with Gasteiger partial charge in [0.05, 0.1) is 0 Å². The quantitative estimate of drug-likeness (QED) is 0.173. The van der Waals surface area contributed by atoms with Gasteiger partial charge in [0, 0.05) is 354 Å². The molecule has 0 aromatic carbocycles. The van der Waals surface area contributed by atoms with Crippen LogP contribution in [0.4, 0.5) is 0 Å². The van der Waals surface area contributed by atoms with Crippen molar-refractivity contribution in [1.29, 1.82) is 0 Å². The molecule has 0 aliphatic carbocycles. The summed E-state index contributed by atoms with van der Waals surface area (Å²) in [5.74, 6) is 0. The first-order valence-electron chi connectivity index (χ1n) is 0. The topological polar surface area (TPSA) is 0 Å². The van der Waals surface area contributed by atoms with Crippen LogP contribution in [0, 0.1) is 193 Å². The van der Waals surface area contributed by atoms with Gasteiger partial charge in [-0.15, -0.1) is 0 Å². The molecule has 1 atom stereocenters. The average molecular weight is 2070 g/mol. The van der Waals surface area contributed by atoms with E-state index >= 15 is 0 Å². The van der Waals surface area contributed by atoms with Crippen LogP contribution in [0.3, 0.4) is 0 Å². The molecule has 0 N–H and O–H groups in total. The molecule has 123 valence electrons. The molecule has 0 fully saturated rings. The molecule has 0 saturated heterocycles. The van der Waals surface area contributed by atoms with Gasteiger partial charge in [0.1, 0.15) is 0 Å². The third-order valence-corrected chi connectivity index (χ3v) is 0. The van der Waals surface area contributed by atoms with Gasteiger partial charge in [-0.3, -0.25) is 0 Å². The van der Waals surface area contributed by atoms with Crippen molar-refractivity contribution in [2.45, 2.75) is 0 Å². The molecule has 0 rings (SSSR count). The Labute approximate surface area is 417 Å². The molecular weight excluding hydrogens is 2060 g/mol. The number of rotatable bonds is 0. The van der Waals surface area contributed by atoms with E-state index < -0.39 is 0 Å². The minimum atomic E-state index is 0. The SMILES string of the molecule is P.[Cu].[Dy].[Er].[Gd].[GeH2].[K+].[Os].[Pd].[Pt].[Re].[Ti].[U].[V].[W].[Yb]. The maximum atomic E-state index is 0. The average Bonchev–Trinajstić information content (AvgIpc) is 0. The normalized spacial score (nSPS) is 0. The molecule has 0 saturated carbocycles. The van der Waals surface area contributed by atoms with Crippen LogP contribution in [0.5, 0.6) is 0 Å². The van der Waals surface area contributed by atoms with E-state index in [0.717, 1.165) is 0 Å². The summed E-state index contributed by atoms with van der Waals surface area (Å²) in [5.41, 5.74) is 0. The van der Waals surface area contributed by atoms with Crippen LogP contribution in [-0.4, -0.2) is 17.6 Å². The van der Waals surface area contributed by atoms with Crippen molar-refractivity contribution < 1.29 is 405 Å². The molecule has 0 bridgehead atoms. The molecule has 0 aliphatic rings. The maximum Gasteiger partial charge on any atom is 1.00 e. The molecule has 0 spiro atoms. The fourth-order valence-electron chi connectivity index (χ4n) is 0. The first-order chi connectivity index (χ1) is 0. The van der Waals surface area contributed by atoms with E-state index in [1.807, 2.05) is 0 Å². The minimum absolute atomic E-state index is 0. The second-order valence-electron chi connectivity index (χ2n) is 0. The van der Waals surface area contributed by atoms with E-state index in [4.69, 9.17) is 0 Å². The second kappa shape index (κ2) is 115. The van der Waals surface area contributed by atoms with Crippen LogP contribution in [-0.2, 0) is 160 Å². The Kier molecular flexibility index (Phi) is 920. The summed E-state index contributed by atoms with van der Waals surface area (Å²) in [6.45, 7) is 0. The summed E-state index contributed by atoms with van der Waals surface area (Å²) in [5, 5.41) is 0. The van der Waals surface area contributed by atoms with Crippen LogP contribution in [0.2, 0.25) is 0 Å². The van der Waals surface area contributed by atoms with Crippen LogP contribution in [0.15, 0.2) is 0 Å². The third kappa shape index (κ3) is 104. The molecular formula is H5CuDyErGdGeKOsPPdPtReTiUVWYb+. The summed E-state index contributed by atoms with van der Waals surface area (Å²) in [6.07, 6.45) is 0. The van der Waals surface area contributed by atoms with Crippen molar-refractivity contribution in [3.63, 3.8) is 0 Å². The molecule has 1 unspecified atom stereocenters. The van der Waals surface area contributed by atoms with Gasteiger partial charge in [0.15, 0.2) is 0 Å². The van der Waals surface area contributed by atoms with Gasteiger partial charge in [-0.05, 0) is 0 Å². The van der Waals surface area contributed by atoms with Gasteiger partial charge >= 0.3 is 69.0 Å². The zero-order valence-corrected chi connectivity index (χ0v) is 42.6. The van der Waals surface area contributed by atoms with Crippen LogP contribution >= 0.6 is 9.90 Å². The minimum Gasteiger partial charge on any atom is 0 e. The first kappa shape index (κ1) is 128. The first-order valence-corrected chi connectivity index (χ1v) is 0. The fourth-order valence-corrected chi connectivity index (χ4v) is 0. The number of hydrogen-bond donors (Lipinski definition) is 0. The Morgan fingerprint density at radius 2 is 1.00 bits per heavy atom. The van der Waals surface area contributed by atoms with Crippen LogP contribution < -0.4 is 51.4 Å². The van der Waals surface area contributed by atoms with Gasteiger partial charge in [-0.1, -0.05) is 0 Å². The molecule has 0 aromatic rings. The van der Waals surface area contributed by atoms with Crippen molar-refractivity contribution in [2.24, 2.45) is 0 Å². The Balaban J connectivity index is 0. The number of hydrogen-bond acceptors (Lipinski definition) is 0. The van der Waals surface area contributed by atoms with E-state index in [0.29, 0.717) is 0 Å². The van der Waals surface area contributed by atoms with Crippen molar-refractivity contribution in [1.82, 2.24) is 0 Å².